The van der Waals surface area contributed by atoms with Crippen molar-refractivity contribution in [1.29, 1.82) is 0 Å². The van der Waals surface area contributed by atoms with Crippen LogP contribution in [0.3, 0.4) is 0 Å². The van der Waals surface area contributed by atoms with E-state index in [0.717, 1.165) is 38.6 Å². The van der Waals surface area contributed by atoms with Crippen molar-refractivity contribution in [2.24, 2.45) is 0 Å². The molecular formula is C26H47N5O4. The van der Waals surface area contributed by atoms with Crippen LogP contribution in [0.4, 0.5) is 4.79 Å². The number of unbranched alkanes of at least 4 members (excludes halogenated alkanes) is 1. The monoisotopic (exact) mass is 493 g/mol. The third-order valence-electron chi connectivity index (χ3n) is 8.59. The van der Waals surface area contributed by atoms with Crippen LogP contribution in [-0.4, -0.2) is 132 Å². The molecule has 0 aromatic carbocycles. The maximum absolute atomic E-state index is 12.0. The quantitative estimate of drug-likeness (QED) is 0.440. The van der Waals surface area contributed by atoms with Crippen LogP contribution < -0.4 is 0 Å². The van der Waals surface area contributed by atoms with Crippen molar-refractivity contribution in [2.75, 3.05) is 72.5 Å². The molecule has 0 spiro atoms. The minimum absolute atomic E-state index is 0.161. The third-order valence-corrected chi connectivity index (χ3v) is 8.59. The minimum atomic E-state index is -0.722. The van der Waals surface area contributed by atoms with Gasteiger partial charge in [0.1, 0.15) is 0 Å². The molecule has 0 bridgehead atoms. The fraction of sp³-hybridized carbons (Fsp3) is 0.923. The fourth-order valence-electron chi connectivity index (χ4n) is 6.47. The highest BCUT2D eigenvalue weighted by Crippen LogP contribution is 2.25. The zero-order valence-corrected chi connectivity index (χ0v) is 21.8. The lowest BCUT2D eigenvalue weighted by Crippen LogP contribution is -2.57. The zero-order chi connectivity index (χ0) is 24.6. The number of cyclic esters (lactones) is 1. The van der Waals surface area contributed by atoms with Gasteiger partial charge in [-0.2, -0.15) is 0 Å². The summed E-state index contributed by atoms with van der Waals surface area (Å²) in [6, 6.07) is 1.19. The molecule has 3 heterocycles. The fourth-order valence-corrected chi connectivity index (χ4v) is 6.47. The van der Waals surface area contributed by atoms with Gasteiger partial charge in [-0.25, -0.2) is 4.79 Å². The molecule has 9 heteroatoms. The van der Waals surface area contributed by atoms with Gasteiger partial charge in [-0.1, -0.05) is 25.7 Å². The van der Waals surface area contributed by atoms with Gasteiger partial charge in [0.05, 0.1) is 6.54 Å². The number of rotatable bonds is 11. The predicted molar refractivity (Wildman–Crippen MR) is 135 cm³/mol. The van der Waals surface area contributed by atoms with Gasteiger partial charge in [-0.05, 0) is 45.2 Å². The molecule has 2 atom stereocenters. The Bertz CT molecular complexity index is 681. The molecule has 4 fully saturated rings. The molecule has 4 aliphatic rings. The van der Waals surface area contributed by atoms with Gasteiger partial charge in [0.2, 0.25) is 0 Å². The molecule has 4 rings (SSSR count). The van der Waals surface area contributed by atoms with Crippen LogP contribution in [0.1, 0.15) is 64.2 Å². The van der Waals surface area contributed by atoms with Crippen LogP contribution in [0.25, 0.3) is 0 Å². The average Bonchev–Trinajstić information content (AvgIpc) is 3.20. The van der Waals surface area contributed by atoms with Crippen molar-refractivity contribution in [3.8, 4) is 0 Å². The van der Waals surface area contributed by atoms with Crippen LogP contribution >= 0.6 is 0 Å². The smallest absolute Gasteiger partial charge is 0.411 e. The molecule has 0 radical (unpaired) electrons. The van der Waals surface area contributed by atoms with Gasteiger partial charge in [-0.15, -0.1) is 0 Å². The standard InChI is InChI=1S/C26H47N5O4/c1-27-21-24(35-26(27)34)31-19-16-29(13-7-11-25(32)33)20-23(31)10-5-6-12-28-14-17-30(18-15-28)22-8-3-2-4-9-22/h22-24H,2-21H2,1H3,(H,32,33). The first-order valence-corrected chi connectivity index (χ1v) is 14.1. The van der Waals surface area contributed by atoms with E-state index in [1.807, 2.05) is 0 Å². The molecule has 1 amide bonds. The Hall–Kier alpha value is -1.42. The van der Waals surface area contributed by atoms with E-state index in [1.54, 1.807) is 11.9 Å². The first kappa shape index (κ1) is 26.6. The Kier molecular flexibility index (Phi) is 10.1. The Morgan fingerprint density at radius 3 is 2.31 bits per heavy atom. The summed E-state index contributed by atoms with van der Waals surface area (Å²) in [4.78, 5) is 34.7. The molecule has 35 heavy (non-hydrogen) atoms. The van der Waals surface area contributed by atoms with Crippen LogP contribution in [0.15, 0.2) is 0 Å². The summed E-state index contributed by atoms with van der Waals surface area (Å²) >= 11 is 0. The summed E-state index contributed by atoms with van der Waals surface area (Å²) < 4.78 is 5.66. The number of carbonyl (C=O) groups excluding carboxylic acids is 1. The van der Waals surface area contributed by atoms with E-state index in [2.05, 4.69) is 19.6 Å². The second-order valence-electron chi connectivity index (χ2n) is 11.1. The maximum atomic E-state index is 12.0. The molecule has 1 aliphatic carbocycles. The zero-order valence-electron chi connectivity index (χ0n) is 21.8. The number of hydrogen-bond donors (Lipinski definition) is 1. The van der Waals surface area contributed by atoms with Crippen molar-refractivity contribution in [3.05, 3.63) is 0 Å². The summed E-state index contributed by atoms with van der Waals surface area (Å²) in [5.41, 5.74) is 0. The van der Waals surface area contributed by atoms with Gasteiger partial charge in [0.25, 0.3) is 0 Å². The number of carbonyl (C=O) groups is 2. The second-order valence-corrected chi connectivity index (χ2v) is 11.1. The molecule has 3 aliphatic heterocycles. The Balaban J connectivity index is 1.20. The molecular weight excluding hydrogens is 446 g/mol. The average molecular weight is 494 g/mol. The molecule has 1 N–H and O–H groups in total. The highest BCUT2D eigenvalue weighted by Gasteiger charge is 2.38. The number of ether oxygens (including phenoxy) is 1. The highest BCUT2D eigenvalue weighted by molar-refractivity contribution is 5.69. The SMILES string of the molecule is CN1CC(N2CCN(CCCC(=O)O)CC2CCCCN2CCN(C3CCCCC3)CC2)OC1=O. The van der Waals surface area contributed by atoms with Crippen LogP contribution in [-0.2, 0) is 9.53 Å². The number of likely N-dealkylation sites (N-methyl/N-ethyl adjacent to an activating group) is 1. The van der Waals surface area contributed by atoms with Crippen molar-refractivity contribution < 1.29 is 19.4 Å². The topological polar surface area (TPSA) is 79.8 Å². The van der Waals surface area contributed by atoms with Crippen molar-refractivity contribution in [2.45, 2.75) is 82.5 Å². The molecule has 2 unspecified atom stereocenters. The molecule has 1 saturated carbocycles. The number of carboxylic acid groups (broad SMARTS) is 1. The van der Waals surface area contributed by atoms with Crippen molar-refractivity contribution >= 4 is 12.1 Å². The Morgan fingerprint density at radius 1 is 0.914 bits per heavy atom. The van der Waals surface area contributed by atoms with Gasteiger partial charge >= 0.3 is 12.1 Å². The first-order chi connectivity index (χ1) is 17.0. The van der Waals surface area contributed by atoms with E-state index in [0.29, 0.717) is 19.0 Å². The number of hydrogen-bond acceptors (Lipinski definition) is 7. The van der Waals surface area contributed by atoms with E-state index in [1.165, 1.54) is 77.7 Å². The molecule has 200 valence electrons. The third kappa shape index (κ3) is 7.78. The molecule has 9 nitrogen and oxygen atoms in total. The number of piperazine rings is 2. The number of nitrogens with zero attached hydrogens (tertiary/aromatic N) is 5. The predicted octanol–water partition coefficient (Wildman–Crippen LogP) is 2.37. The highest BCUT2D eigenvalue weighted by atomic mass is 16.6. The maximum Gasteiger partial charge on any atom is 0.411 e. The number of aliphatic carboxylic acids is 1. The van der Waals surface area contributed by atoms with E-state index < -0.39 is 5.97 Å². The summed E-state index contributed by atoms with van der Waals surface area (Å²) in [5.74, 6) is -0.722. The Morgan fingerprint density at radius 2 is 1.63 bits per heavy atom. The van der Waals surface area contributed by atoms with E-state index >= 15 is 0 Å². The van der Waals surface area contributed by atoms with Gasteiger partial charge in [0, 0.05) is 71.4 Å². The summed E-state index contributed by atoms with van der Waals surface area (Å²) in [7, 11) is 1.80. The van der Waals surface area contributed by atoms with Gasteiger partial charge < -0.3 is 24.5 Å². The van der Waals surface area contributed by atoms with Crippen molar-refractivity contribution in [1.82, 2.24) is 24.5 Å². The minimum Gasteiger partial charge on any atom is -0.481 e. The first-order valence-electron chi connectivity index (χ1n) is 14.1. The molecule has 0 aromatic rings. The Labute approximate surface area is 211 Å². The lowest BCUT2D eigenvalue weighted by molar-refractivity contribution is -0.137. The number of carboxylic acids is 1. The molecule has 3 saturated heterocycles. The van der Waals surface area contributed by atoms with Crippen LogP contribution in [0.2, 0.25) is 0 Å². The van der Waals surface area contributed by atoms with Crippen LogP contribution in [0, 0.1) is 0 Å². The van der Waals surface area contributed by atoms with Crippen LogP contribution in [0.5, 0.6) is 0 Å². The van der Waals surface area contributed by atoms with E-state index in [4.69, 9.17) is 9.84 Å². The lowest BCUT2D eigenvalue weighted by Gasteiger charge is -2.43. The summed E-state index contributed by atoms with van der Waals surface area (Å²) in [6.07, 6.45) is 11.0. The summed E-state index contributed by atoms with van der Waals surface area (Å²) in [6.45, 7) is 10.2. The normalized spacial score (nSPS) is 28.5. The molecule has 0 aromatic heterocycles. The van der Waals surface area contributed by atoms with Crippen molar-refractivity contribution in [3.63, 3.8) is 0 Å². The number of amides is 1. The summed E-state index contributed by atoms with van der Waals surface area (Å²) in [5, 5.41) is 8.98. The van der Waals surface area contributed by atoms with Gasteiger partial charge in [-0.3, -0.25) is 14.6 Å². The lowest BCUT2D eigenvalue weighted by atomic mass is 9.94. The van der Waals surface area contributed by atoms with Gasteiger partial charge in [0.15, 0.2) is 6.23 Å². The second kappa shape index (κ2) is 13.2. The van der Waals surface area contributed by atoms with E-state index in [-0.39, 0.29) is 18.7 Å². The largest absolute Gasteiger partial charge is 0.481 e. The van der Waals surface area contributed by atoms with E-state index in [9.17, 15) is 9.59 Å².